The zero-order valence-corrected chi connectivity index (χ0v) is 13.3. The van der Waals surface area contributed by atoms with Gasteiger partial charge in [0.25, 0.3) is 0 Å². The van der Waals surface area contributed by atoms with Gasteiger partial charge < -0.3 is 15.8 Å². The fourth-order valence-corrected chi connectivity index (χ4v) is 2.72. The van der Waals surface area contributed by atoms with Crippen molar-refractivity contribution in [2.45, 2.75) is 38.3 Å². The Balaban J connectivity index is 1.59. The van der Waals surface area contributed by atoms with E-state index in [2.05, 4.69) is 20.6 Å². The highest BCUT2D eigenvalue weighted by molar-refractivity contribution is 5.78. The molecule has 0 amide bonds. The number of methoxy groups -OCH3 is 1. The van der Waals surface area contributed by atoms with Gasteiger partial charge in [0.05, 0.1) is 25.5 Å². The summed E-state index contributed by atoms with van der Waals surface area (Å²) in [4.78, 5) is 4.34. The zero-order valence-electron chi connectivity index (χ0n) is 13.3. The van der Waals surface area contributed by atoms with Gasteiger partial charge >= 0.3 is 0 Å². The predicted molar refractivity (Wildman–Crippen MR) is 88.6 cm³/mol. The monoisotopic (exact) mass is 314 g/mol. The maximum atomic E-state index is 5.92. The summed E-state index contributed by atoms with van der Waals surface area (Å²) >= 11 is 0. The highest BCUT2D eigenvalue weighted by atomic mass is 16.5. The number of rotatable bonds is 5. The molecular formula is C16H22N6O. The SMILES string of the molecule is COc1ccc(-n2cc(CN=C(N)NC3CCCC3)nn2)cc1. The molecule has 1 heterocycles. The Kier molecular flexibility index (Phi) is 4.75. The first-order valence-electron chi connectivity index (χ1n) is 7.87. The number of hydrogen-bond donors (Lipinski definition) is 2. The Labute approximate surface area is 135 Å². The Bertz CT molecular complexity index is 657. The van der Waals surface area contributed by atoms with Gasteiger partial charge in [-0.25, -0.2) is 9.67 Å². The average molecular weight is 314 g/mol. The molecular weight excluding hydrogens is 292 g/mol. The highest BCUT2D eigenvalue weighted by Crippen LogP contribution is 2.17. The van der Waals surface area contributed by atoms with Crippen LogP contribution >= 0.6 is 0 Å². The summed E-state index contributed by atoms with van der Waals surface area (Å²) in [5, 5.41) is 11.5. The second-order valence-electron chi connectivity index (χ2n) is 5.68. The Morgan fingerprint density at radius 1 is 1.35 bits per heavy atom. The smallest absolute Gasteiger partial charge is 0.189 e. The highest BCUT2D eigenvalue weighted by Gasteiger charge is 2.14. The summed E-state index contributed by atoms with van der Waals surface area (Å²) in [5.41, 5.74) is 7.62. The van der Waals surface area contributed by atoms with Gasteiger partial charge in [-0.1, -0.05) is 18.1 Å². The maximum absolute atomic E-state index is 5.92. The third-order valence-corrected chi connectivity index (χ3v) is 4.00. The lowest BCUT2D eigenvalue weighted by Gasteiger charge is -2.11. The number of ether oxygens (including phenoxy) is 1. The van der Waals surface area contributed by atoms with E-state index in [1.54, 1.807) is 11.8 Å². The number of nitrogens with one attached hydrogen (secondary N) is 1. The lowest BCUT2D eigenvalue weighted by Crippen LogP contribution is -2.38. The minimum absolute atomic E-state index is 0.418. The lowest BCUT2D eigenvalue weighted by atomic mass is 10.2. The van der Waals surface area contributed by atoms with Crippen LogP contribution in [-0.2, 0) is 6.54 Å². The van der Waals surface area contributed by atoms with E-state index in [0.717, 1.165) is 17.1 Å². The molecule has 1 saturated carbocycles. The summed E-state index contributed by atoms with van der Waals surface area (Å²) in [6, 6.07) is 8.10. The molecule has 122 valence electrons. The fraction of sp³-hybridized carbons (Fsp3) is 0.438. The minimum Gasteiger partial charge on any atom is -0.497 e. The minimum atomic E-state index is 0.418. The van der Waals surface area contributed by atoms with Gasteiger partial charge in [-0.15, -0.1) is 5.10 Å². The van der Waals surface area contributed by atoms with E-state index < -0.39 is 0 Å². The molecule has 1 aliphatic rings. The van der Waals surface area contributed by atoms with Crippen molar-refractivity contribution in [2.24, 2.45) is 10.7 Å². The van der Waals surface area contributed by atoms with Crippen molar-refractivity contribution in [3.05, 3.63) is 36.2 Å². The summed E-state index contributed by atoms with van der Waals surface area (Å²) < 4.78 is 6.86. The molecule has 0 bridgehead atoms. The van der Waals surface area contributed by atoms with E-state index in [4.69, 9.17) is 10.5 Å². The van der Waals surface area contributed by atoms with Crippen molar-refractivity contribution in [3.63, 3.8) is 0 Å². The molecule has 0 spiro atoms. The second-order valence-corrected chi connectivity index (χ2v) is 5.68. The van der Waals surface area contributed by atoms with Crippen molar-refractivity contribution in [1.82, 2.24) is 20.3 Å². The number of guanidine groups is 1. The van der Waals surface area contributed by atoms with E-state index in [0.29, 0.717) is 18.5 Å². The van der Waals surface area contributed by atoms with Crippen molar-refractivity contribution in [1.29, 1.82) is 0 Å². The normalized spacial score (nSPS) is 15.8. The number of benzene rings is 1. The van der Waals surface area contributed by atoms with Gasteiger partial charge in [0.2, 0.25) is 0 Å². The van der Waals surface area contributed by atoms with Crippen LogP contribution in [0.3, 0.4) is 0 Å². The summed E-state index contributed by atoms with van der Waals surface area (Å²) in [6.45, 7) is 0.418. The first-order chi connectivity index (χ1) is 11.2. The largest absolute Gasteiger partial charge is 0.497 e. The van der Waals surface area contributed by atoms with Crippen LogP contribution in [0.2, 0.25) is 0 Å². The van der Waals surface area contributed by atoms with Crippen molar-refractivity contribution >= 4 is 5.96 Å². The molecule has 2 aromatic rings. The van der Waals surface area contributed by atoms with Crippen LogP contribution in [0.1, 0.15) is 31.4 Å². The predicted octanol–water partition coefficient (Wildman–Crippen LogP) is 1.62. The molecule has 1 aromatic heterocycles. The quantitative estimate of drug-likeness (QED) is 0.646. The van der Waals surface area contributed by atoms with Gasteiger partial charge in [0.15, 0.2) is 5.96 Å². The molecule has 0 saturated heterocycles. The topological polar surface area (TPSA) is 90.3 Å². The van der Waals surface area contributed by atoms with Crippen molar-refractivity contribution < 1.29 is 4.74 Å². The van der Waals surface area contributed by atoms with Gasteiger partial charge in [-0.2, -0.15) is 0 Å². The molecule has 3 N–H and O–H groups in total. The molecule has 7 nitrogen and oxygen atoms in total. The molecule has 7 heteroatoms. The zero-order chi connectivity index (χ0) is 16.1. The van der Waals surface area contributed by atoms with E-state index >= 15 is 0 Å². The molecule has 0 atom stereocenters. The number of nitrogens with zero attached hydrogens (tertiary/aromatic N) is 4. The first kappa shape index (κ1) is 15.3. The van der Waals surface area contributed by atoms with Gasteiger partial charge in [-0.05, 0) is 37.1 Å². The van der Waals surface area contributed by atoms with Crippen LogP contribution in [0.5, 0.6) is 5.75 Å². The number of aliphatic imine (C=N–C) groups is 1. The number of hydrogen-bond acceptors (Lipinski definition) is 4. The Hall–Kier alpha value is -2.57. The van der Waals surface area contributed by atoms with Gasteiger partial charge in [-0.3, -0.25) is 0 Å². The standard InChI is InChI=1S/C16H22N6O/c1-23-15-8-6-14(7-9-15)22-11-13(20-21-22)10-18-16(17)19-12-4-2-3-5-12/h6-9,11-12H,2-5,10H2,1H3,(H3,17,18,19). The van der Waals surface area contributed by atoms with Gasteiger partial charge in [0, 0.05) is 6.04 Å². The lowest BCUT2D eigenvalue weighted by molar-refractivity contribution is 0.414. The molecule has 0 unspecified atom stereocenters. The van der Waals surface area contributed by atoms with E-state index in [1.807, 2.05) is 30.5 Å². The molecule has 1 aromatic carbocycles. The third kappa shape index (κ3) is 4.00. The van der Waals surface area contributed by atoms with Crippen molar-refractivity contribution in [2.75, 3.05) is 7.11 Å². The molecule has 0 aliphatic heterocycles. The third-order valence-electron chi connectivity index (χ3n) is 4.00. The van der Waals surface area contributed by atoms with Crippen LogP contribution < -0.4 is 15.8 Å². The first-order valence-corrected chi connectivity index (χ1v) is 7.87. The summed E-state index contributed by atoms with van der Waals surface area (Å²) in [6.07, 6.45) is 6.73. The second kappa shape index (κ2) is 7.13. The number of nitrogens with two attached hydrogens (primary N) is 1. The maximum Gasteiger partial charge on any atom is 0.189 e. The van der Waals surface area contributed by atoms with E-state index in [9.17, 15) is 0 Å². The van der Waals surface area contributed by atoms with Crippen LogP contribution in [0.4, 0.5) is 0 Å². The Morgan fingerprint density at radius 3 is 2.78 bits per heavy atom. The average Bonchev–Trinajstić information content (AvgIpc) is 3.25. The molecule has 1 fully saturated rings. The van der Waals surface area contributed by atoms with E-state index in [1.165, 1.54) is 25.7 Å². The van der Waals surface area contributed by atoms with Crippen molar-refractivity contribution in [3.8, 4) is 11.4 Å². The number of aromatic nitrogens is 3. The van der Waals surface area contributed by atoms with E-state index in [-0.39, 0.29) is 0 Å². The van der Waals surface area contributed by atoms with Crippen LogP contribution in [0.15, 0.2) is 35.5 Å². The molecule has 1 aliphatic carbocycles. The van der Waals surface area contributed by atoms with Crippen LogP contribution in [0.25, 0.3) is 5.69 Å². The van der Waals surface area contributed by atoms with Gasteiger partial charge in [0.1, 0.15) is 11.4 Å². The summed E-state index contributed by atoms with van der Waals surface area (Å²) in [7, 11) is 1.64. The fourth-order valence-electron chi connectivity index (χ4n) is 2.72. The summed E-state index contributed by atoms with van der Waals surface area (Å²) in [5.74, 6) is 1.29. The molecule has 3 rings (SSSR count). The molecule has 0 radical (unpaired) electrons. The Morgan fingerprint density at radius 2 is 2.09 bits per heavy atom. The van der Waals surface area contributed by atoms with Crippen LogP contribution in [-0.4, -0.2) is 34.1 Å². The van der Waals surface area contributed by atoms with Crippen LogP contribution in [0, 0.1) is 0 Å². The molecule has 23 heavy (non-hydrogen) atoms.